The first-order valence-corrected chi connectivity index (χ1v) is 4.77. The molecule has 0 N–H and O–H groups in total. The topological polar surface area (TPSA) is 0 Å². The van der Waals surface area contributed by atoms with Gasteiger partial charge in [0.05, 0.1) is 0 Å². The highest BCUT2D eigenvalue weighted by molar-refractivity contribution is 6.53. The summed E-state index contributed by atoms with van der Waals surface area (Å²) in [4.78, 5) is 0. The van der Waals surface area contributed by atoms with Gasteiger partial charge in [0.1, 0.15) is 0 Å². The summed E-state index contributed by atoms with van der Waals surface area (Å²) in [6.45, 7) is 8.39. The van der Waals surface area contributed by atoms with E-state index in [-0.39, 0.29) is 0 Å². The van der Waals surface area contributed by atoms with Crippen LogP contribution in [0.1, 0.15) is 27.7 Å². The van der Waals surface area contributed by atoms with Crippen molar-refractivity contribution in [2.45, 2.75) is 27.7 Å². The van der Waals surface area contributed by atoms with Crippen molar-refractivity contribution in [1.82, 2.24) is 0 Å². The molecule has 0 fully saturated rings. The Bertz CT molecular complexity index is 216. The fourth-order valence-electron chi connectivity index (χ4n) is 1.08. The minimum Gasteiger partial charge on any atom is -0.103 e. The van der Waals surface area contributed by atoms with Crippen LogP contribution >= 0.6 is 0 Å². The summed E-state index contributed by atoms with van der Waals surface area (Å²) in [5.41, 5.74) is 2.80. The zero-order valence-corrected chi connectivity index (χ0v) is 9.17. The van der Waals surface area contributed by atoms with Crippen LogP contribution in [0, 0.1) is 0 Å². The summed E-state index contributed by atoms with van der Waals surface area (Å²) in [6.07, 6.45) is 12.6. The molecule has 0 aromatic rings. The van der Waals surface area contributed by atoms with Crippen molar-refractivity contribution in [3.8, 4) is 0 Å². The second-order valence-electron chi connectivity index (χ2n) is 3.25. The van der Waals surface area contributed by atoms with Crippen molar-refractivity contribution in [1.29, 1.82) is 0 Å². The first-order chi connectivity index (χ1) is 6.20. The maximum atomic E-state index is 2.16. The van der Waals surface area contributed by atoms with Gasteiger partial charge in [-0.05, 0) is 13.8 Å². The Kier molecular flexibility index (Phi) is 7.09. The molecule has 0 spiro atoms. The predicted molar refractivity (Wildman–Crippen MR) is 64.3 cm³/mol. The van der Waals surface area contributed by atoms with Crippen LogP contribution in [-0.4, -0.2) is 7.28 Å². The second kappa shape index (κ2) is 7.66. The van der Waals surface area contributed by atoms with Crippen LogP contribution in [-0.2, 0) is 0 Å². The lowest BCUT2D eigenvalue weighted by Gasteiger charge is -1.96. The van der Waals surface area contributed by atoms with Crippen molar-refractivity contribution in [2.75, 3.05) is 0 Å². The average molecular weight is 174 g/mol. The van der Waals surface area contributed by atoms with Crippen LogP contribution in [0.15, 0.2) is 47.4 Å². The first-order valence-electron chi connectivity index (χ1n) is 4.77. The van der Waals surface area contributed by atoms with E-state index in [1.165, 1.54) is 10.9 Å². The summed E-state index contributed by atoms with van der Waals surface area (Å²) in [6, 6.07) is 0. The molecule has 0 heterocycles. The molecular formula is C12H19B. The van der Waals surface area contributed by atoms with Crippen molar-refractivity contribution in [2.24, 2.45) is 0 Å². The maximum Gasteiger partial charge on any atom is 0.181 e. The van der Waals surface area contributed by atoms with Gasteiger partial charge in [0.15, 0.2) is 7.28 Å². The average Bonchev–Trinajstić information content (AvgIpc) is 2.11. The van der Waals surface area contributed by atoms with Crippen molar-refractivity contribution < 1.29 is 0 Å². The molecule has 0 rings (SSSR count). The van der Waals surface area contributed by atoms with Crippen LogP contribution in [0.5, 0.6) is 0 Å². The van der Waals surface area contributed by atoms with E-state index in [2.05, 4.69) is 50.3 Å². The molecule has 0 atom stereocenters. The van der Waals surface area contributed by atoms with Gasteiger partial charge in [-0.15, -0.1) is 10.9 Å². The molecule has 13 heavy (non-hydrogen) atoms. The van der Waals surface area contributed by atoms with Gasteiger partial charge in [-0.3, -0.25) is 0 Å². The van der Waals surface area contributed by atoms with E-state index in [1.54, 1.807) is 0 Å². The van der Waals surface area contributed by atoms with Gasteiger partial charge in [-0.2, -0.15) is 0 Å². The van der Waals surface area contributed by atoms with Crippen LogP contribution in [0.2, 0.25) is 0 Å². The van der Waals surface area contributed by atoms with E-state index in [4.69, 9.17) is 0 Å². The third-order valence-corrected chi connectivity index (χ3v) is 1.70. The van der Waals surface area contributed by atoms with Gasteiger partial charge in [0.25, 0.3) is 0 Å². The SMILES string of the molecule is C/C=C\C=C(/C)B/C(C)=C/C=C\C. The van der Waals surface area contributed by atoms with Gasteiger partial charge < -0.3 is 0 Å². The van der Waals surface area contributed by atoms with Gasteiger partial charge in [-0.1, -0.05) is 50.3 Å². The number of hydrogen-bond donors (Lipinski definition) is 0. The number of allylic oxidation sites excluding steroid dienone is 8. The third kappa shape index (κ3) is 7.39. The molecule has 0 bridgehead atoms. The summed E-state index contributed by atoms with van der Waals surface area (Å²) in [5.74, 6) is 0. The summed E-state index contributed by atoms with van der Waals surface area (Å²) in [5, 5.41) is 0. The van der Waals surface area contributed by atoms with Crippen LogP contribution in [0.25, 0.3) is 0 Å². The molecule has 0 amide bonds. The lowest BCUT2D eigenvalue weighted by Crippen LogP contribution is -1.94. The Morgan fingerprint density at radius 3 is 1.54 bits per heavy atom. The Labute approximate surface area is 83.0 Å². The summed E-state index contributed by atoms with van der Waals surface area (Å²) >= 11 is 0. The van der Waals surface area contributed by atoms with Crippen molar-refractivity contribution in [3.63, 3.8) is 0 Å². The lowest BCUT2D eigenvalue weighted by molar-refractivity contribution is 1.56. The van der Waals surface area contributed by atoms with E-state index in [1.807, 2.05) is 13.8 Å². The first kappa shape index (κ1) is 12.0. The third-order valence-electron chi connectivity index (χ3n) is 1.70. The number of hydrogen-bond acceptors (Lipinski definition) is 0. The molecule has 70 valence electrons. The van der Waals surface area contributed by atoms with Crippen molar-refractivity contribution >= 4 is 7.28 Å². The minimum absolute atomic E-state index is 1.06. The predicted octanol–water partition coefficient (Wildman–Crippen LogP) is 3.38. The fourth-order valence-corrected chi connectivity index (χ4v) is 1.08. The highest BCUT2D eigenvalue weighted by Crippen LogP contribution is 1.99. The monoisotopic (exact) mass is 174 g/mol. The second-order valence-corrected chi connectivity index (χ2v) is 3.25. The molecule has 1 heteroatoms. The van der Waals surface area contributed by atoms with E-state index >= 15 is 0 Å². The van der Waals surface area contributed by atoms with Gasteiger partial charge >= 0.3 is 0 Å². The molecule has 0 aromatic heterocycles. The molecule has 0 aromatic carbocycles. The normalized spacial score (nSPS) is 14.5. The number of rotatable bonds is 4. The lowest BCUT2D eigenvalue weighted by atomic mass is 9.63. The summed E-state index contributed by atoms with van der Waals surface area (Å²) in [7, 11) is 1.06. The summed E-state index contributed by atoms with van der Waals surface area (Å²) < 4.78 is 0. The van der Waals surface area contributed by atoms with Gasteiger partial charge in [0.2, 0.25) is 0 Å². The standard InChI is InChI=1S/C12H19B/c1-5-7-9-11(3)13-12(4)10-8-6-2/h5-10,13H,1-4H3/b7-5-,8-6-,11-9+,12-10+. The van der Waals surface area contributed by atoms with Crippen LogP contribution in [0.4, 0.5) is 0 Å². The Morgan fingerprint density at radius 1 is 0.846 bits per heavy atom. The zero-order valence-electron chi connectivity index (χ0n) is 9.17. The van der Waals surface area contributed by atoms with Crippen LogP contribution < -0.4 is 0 Å². The van der Waals surface area contributed by atoms with E-state index in [9.17, 15) is 0 Å². The van der Waals surface area contributed by atoms with Crippen LogP contribution in [0.3, 0.4) is 0 Å². The Morgan fingerprint density at radius 2 is 1.23 bits per heavy atom. The molecular weight excluding hydrogens is 155 g/mol. The fraction of sp³-hybridized carbons (Fsp3) is 0.333. The van der Waals surface area contributed by atoms with E-state index in [0.717, 1.165) is 7.28 Å². The van der Waals surface area contributed by atoms with E-state index in [0.29, 0.717) is 0 Å². The van der Waals surface area contributed by atoms with E-state index < -0.39 is 0 Å². The molecule has 0 saturated carbocycles. The molecule has 0 nitrogen and oxygen atoms in total. The van der Waals surface area contributed by atoms with Gasteiger partial charge in [-0.25, -0.2) is 0 Å². The van der Waals surface area contributed by atoms with Crippen molar-refractivity contribution in [3.05, 3.63) is 47.4 Å². The van der Waals surface area contributed by atoms with Gasteiger partial charge in [0, 0.05) is 0 Å². The zero-order chi connectivity index (χ0) is 10.1. The Hall–Kier alpha value is -0.975. The molecule has 0 unspecified atom stereocenters. The molecule has 0 saturated heterocycles. The highest BCUT2D eigenvalue weighted by atomic mass is 13.8. The maximum absolute atomic E-state index is 2.16. The minimum atomic E-state index is 1.06. The smallest absolute Gasteiger partial charge is 0.103 e. The Balaban J connectivity index is 4.12. The largest absolute Gasteiger partial charge is 0.181 e. The molecule has 0 aliphatic carbocycles. The molecule has 0 aliphatic rings. The quantitative estimate of drug-likeness (QED) is 0.452. The molecule has 0 radical (unpaired) electrons. The molecule has 0 aliphatic heterocycles. The highest BCUT2D eigenvalue weighted by Gasteiger charge is 1.92.